The van der Waals surface area contributed by atoms with Gasteiger partial charge in [0, 0.05) is 24.0 Å². The molecule has 3 aliphatic heterocycles. The number of nitrogens with zero attached hydrogens (tertiary/aromatic N) is 2. The fourth-order valence-electron chi connectivity index (χ4n) is 3.73. The lowest BCUT2D eigenvalue weighted by molar-refractivity contribution is -0.274. The highest BCUT2D eigenvalue weighted by Gasteiger charge is 2.35. The Balaban J connectivity index is 1.52. The van der Waals surface area contributed by atoms with Crippen molar-refractivity contribution in [3.8, 4) is 5.75 Å². The molecule has 3 fully saturated rings. The normalized spacial score (nSPS) is 26.0. The maximum atomic E-state index is 12.6. The van der Waals surface area contributed by atoms with Crippen LogP contribution in [0.4, 0.5) is 13.2 Å². The van der Waals surface area contributed by atoms with Gasteiger partial charge in [0.2, 0.25) is 0 Å². The summed E-state index contributed by atoms with van der Waals surface area (Å²) in [6.45, 7) is 2.98. The number of carbonyl (C=O) groups is 1. The van der Waals surface area contributed by atoms with Crippen LogP contribution in [0.5, 0.6) is 5.75 Å². The van der Waals surface area contributed by atoms with Gasteiger partial charge >= 0.3 is 6.36 Å². The summed E-state index contributed by atoms with van der Waals surface area (Å²) in [4.78, 5) is 14.9. The molecule has 4 heterocycles. The van der Waals surface area contributed by atoms with Gasteiger partial charge in [0.15, 0.2) is 5.69 Å². The van der Waals surface area contributed by atoms with Gasteiger partial charge in [-0.15, -0.1) is 13.2 Å². The summed E-state index contributed by atoms with van der Waals surface area (Å²) in [5, 5.41) is 10.1. The number of aromatic amines is 1. The highest BCUT2D eigenvalue weighted by molar-refractivity contribution is 6.05. The van der Waals surface area contributed by atoms with Gasteiger partial charge in [0.25, 0.3) is 5.91 Å². The van der Waals surface area contributed by atoms with Crippen molar-refractivity contribution in [1.82, 2.24) is 20.4 Å². The second kappa shape index (κ2) is 5.91. The number of amides is 1. The Morgan fingerprint density at radius 1 is 1.32 bits per heavy atom. The Labute approximate surface area is 141 Å². The van der Waals surface area contributed by atoms with Crippen molar-refractivity contribution >= 4 is 16.8 Å². The fraction of sp³-hybridized carbons (Fsp3) is 0.500. The number of carbonyl (C=O) groups excluding carboxylic acids is 1. The number of hydrogen-bond donors (Lipinski definition) is 2. The zero-order chi connectivity index (χ0) is 17.6. The average molecular weight is 354 g/mol. The minimum Gasteiger partial charge on any atom is -0.406 e. The Hall–Kier alpha value is -2.29. The summed E-state index contributed by atoms with van der Waals surface area (Å²) in [6.07, 6.45) is -2.61. The number of alkyl halides is 3. The van der Waals surface area contributed by atoms with E-state index in [2.05, 4.69) is 25.2 Å². The number of ether oxygens (including phenoxy) is 1. The number of fused-ring (bicyclic) bond motifs is 4. The van der Waals surface area contributed by atoms with Crippen LogP contribution >= 0.6 is 0 Å². The van der Waals surface area contributed by atoms with Gasteiger partial charge in [-0.3, -0.25) is 9.89 Å². The highest BCUT2D eigenvalue weighted by Crippen LogP contribution is 2.29. The summed E-state index contributed by atoms with van der Waals surface area (Å²) in [5.41, 5.74) is 0.505. The largest absolute Gasteiger partial charge is 0.573 e. The van der Waals surface area contributed by atoms with Crippen molar-refractivity contribution in [2.45, 2.75) is 25.2 Å². The Bertz CT molecular complexity index is 796. The molecule has 2 N–H and O–H groups in total. The molecule has 1 atom stereocenters. The minimum absolute atomic E-state index is 0.0922. The number of piperidine rings is 3. The average Bonchev–Trinajstić information content (AvgIpc) is 2.97. The van der Waals surface area contributed by atoms with Crippen LogP contribution in [0.2, 0.25) is 0 Å². The number of benzene rings is 1. The van der Waals surface area contributed by atoms with E-state index in [9.17, 15) is 18.0 Å². The molecule has 2 aromatic rings. The van der Waals surface area contributed by atoms with Crippen molar-refractivity contribution in [2.75, 3.05) is 19.6 Å². The number of rotatable bonds is 3. The molecule has 1 aromatic carbocycles. The number of aromatic nitrogens is 2. The van der Waals surface area contributed by atoms with E-state index in [0.29, 0.717) is 16.8 Å². The number of H-pyrrole nitrogens is 1. The fourth-order valence-corrected chi connectivity index (χ4v) is 3.73. The van der Waals surface area contributed by atoms with Gasteiger partial charge in [-0.25, -0.2) is 0 Å². The maximum absolute atomic E-state index is 12.6. The first kappa shape index (κ1) is 16.2. The minimum atomic E-state index is -4.76. The van der Waals surface area contributed by atoms with Crippen LogP contribution in [0.15, 0.2) is 18.2 Å². The molecule has 25 heavy (non-hydrogen) atoms. The molecule has 5 rings (SSSR count). The number of hydrogen-bond acceptors (Lipinski definition) is 4. The van der Waals surface area contributed by atoms with E-state index in [4.69, 9.17) is 0 Å². The third kappa shape index (κ3) is 3.28. The van der Waals surface area contributed by atoms with Gasteiger partial charge in [-0.2, -0.15) is 5.10 Å². The standard InChI is InChI=1S/C16H17F3N4O2/c17-16(18,19)25-10-1-2-11-12(7-10)21-22-14(11)15(24)20-13-8-23-5-3-9(13)4-6-23/h1-2,7,9,13H,3-6,8H2,(H,20,24)(H,21,22). The molecular formula is C16H17F3N4O2. The van der Waals surface area contributed by atoms with Crippen molar-refractivity contribution in [2.24, 2.45) is 5.92 Å². The summed E-state index contributed by atoms with van der Waals surface area (Å²) in [5.74, 6) is -0.187. The molecule has 2 bridgehead atoms. The quantitative estimate of drug-likeness (QED) is 0.887. The second-order valence-corrected chi connectivity index (χ2v) is 6.55. The molecule has 6 nitrogen and oxygen atoms in total. The van der Waals surface area contributed by atoms with Crippen LogP contribution in [0.1, 0.15) is 23.3 Å². The van der Waals surface area contributed by atoms with Crippen molar-refractivity contribution in [1.29, 1.82) is 0 Å². The number of halogens is 3. The number of nitrogens with one attached hydrogen (secondary N) is 2. The topological polar surface area (TPSA) is 70.2 Å². The van der Waals surface area contributed by atoms with Gasteiger partial charge in [-0.1, -0.05) is 0 Å². The van der Waals surface area contributed by atoms with E-state index < -0.39 is 6.36 Å². The van der Waals surface area contributed by atoms with Crippen LogP contribution in [0.25, 0.3) is 10.9 Å². The smallest absolute Gasteiger partial charge is 0.406 e. The molecule has 3 saturated heterocycles. The molecule has 0 saturated carbocycles. The third-order valence-electron chi connectivity index (χ3n) is 4.96. The zero-order valence-corrected chi connectivity index (χ0v) is 13.3. The first-order chi connectivity index (χ1) is 11.9. The van der Waals surface area contributed by atoms with Gasteiger partial charge in [0.1, 0.15) is 5.75 Å². The van der Waals surface area contributed by atoms with E-state index in [-0.39, 0.29) is 23.4 Å². The van der Waals surface area contributed by atoms with Crippen LogP contribution in [0.3, 0.4) is 0 Å². The SMILES string of the molecule is O=C(NC1CN2CCC1CC2)c1n[nH]c2cc(OC(F)(F)F)ccc12. The Morgan fingerprint density at radius 3 is 2.72 bits per heavy atom. The monoisotopic (exact) mass is 354 g/mol. The van der Waals surface area contributed by atoms with Crippen molar-refractivity contribution in [3.63, 3.8) is 0 Å². The van der Waals surface area contributed by atoms with Gasteiger partial charge in [0.05, 0.1) is 5.52 Å². The van der Waals surface area contributed by atoms with E-state index in [1.807, 2.05) is 0 Å². The zero-order valence-electron chi connectivity index (χ0n) is 13.3. The molecule has 0 radical (unpaired) electrons. The molecular weight excluding hydrogens is 337 g/mol. The molecule has 134 valence electrons. The predicted octanol–water partition coefficient (Wildman–Crippen LogP) is 2.29. The van der Waals surface area contributed by atoms with Crippen molar-refractivity contribution in [3.05, 3.63) is 23.9 Å². The Morgan fingerprint density at radius 2 is 2.08 bits per heavy atom. The molecule has 0 spiro atoms. The lowest BCUT2D eigenvalue weighted by Crippen LogP contribution is -2.57. The first-order valence-electron chi connectivity index (χ1n) is 8.16. The lowest BCUT2D eigenvalue weighted by Gasteiger charge is -2.44. The third-order valence-corrected chi connectivity index (χ3v) is 4.96. The van der Waals surface area contributed by atoms with Crippen molar-refractivity contribution < 1.29 is 22.7 Å². The van der Waals surface area contributed by atoms with E-state index in [0.717, 1.165) is 32.5 Å². The predicted molar refractivity (Wildman–Crippen MR) is 83.2 cm³/mol. The van der Waals surface area contributed by atoms with E-state index in [1.165, 1.54) is 18.2 Å². The summed E-state index contributed by atoms with van der Waals surface area (Å²) >= 11 is 0. The van der Waals surface area contributed by atoms with Crippen LogP contribution in [-0.4, -0.2) is 53.0 Å². The van der Waals surface area contributed by atoms with Gasteiger partial charge in [-0.05, 0) is 44.0 Å². The molecule has 1 amide bonds. The second-order valence-electron chi connectivity index (χ2n) is 6.55. The molecule has 1 aromatic heterocycles. The van der Waals surface area contributed by atoms with Gasteiger partial charge < -0.3 is 15.0 Å². The lowest BCUT2D eigenvalue weighted by atomic mass is 9.84. The van der Waals surface area contributed by atoms with Crippen LogP contribution in [0, 0.1) is 5.92 Å². The van der Waals surface area contributed by atoms with Crippen LogP contribution < -0.4 is 10.1 Å². The summed E-state index contributed by atoms with van der Waals surface area (Å²) in [6, 6.07) is 3.86. The summed E-state index contributed by atoms with van der Waals surface area (Å²) < 4.78 is 40.8. The maximum Gasteiger partial charge on any atom is 0.573 e. The van der Waals surface area contributed by atoms with E-state index >= 15 is 0 Å². The summed E-state index contributed by atoms with van der Waals surface area (Å²) in [7, 11) is 0. The first-order valence-corrected chi connectivity index (χ1v) is 8.16. The van der Waals surface area contributed by atoms with Crippen LogP contribution in [-0.2, 0) is 0 Å². The Kier molecular flexibility index (Phi) is 3.82. The highest BCUT2D eigenvalue weighted by atomic mass is 19.4. The molecule has 0 aliphatic carbocycles. The molecule has 9 heteroatoms. The molecule has 3 aliphatic rings. The molecule has 1 unspecified atom stereocenters. The van der Waals surface area contributed by atoms with E-state index in [1.54, 1.807) is 0 Å².